The van der Waals surface area contributed by atoms with Gasteiger partial charge in [0.05, 0.1) is 11.6 Å². The third-order valence-electron chi connectivity index (χ3n) is 13.8. The molecule has 0 bridgehead atoms. The predicted molar refractivity (Wildman–Crippen MR) is 334 cm³/mol. The summed E-state index contributed by atoms with van der Waals surface area (Å²) >= 11 is 0. The van der Waals surface area contributed by atoms with Gasteiger partial charge in [0.25, 0.3) is 0 Å². The van der Waals surface area contributed by atoms with Gasteiger partial charge in [-0.25, -0.2) is 0 Å². The molecular weight excluding hydrogens is 1540 g/mol. The summed E-state index contributed by atoms with van der Waals surface area (Å²) in [5, 5.41) is 3.59. The third-order valence-corrected chi connectivity index (χ3v) is 13.8. The minimum atomic E-state index is -0.831. The van der Waals surface area contributed by atoms with Crippen LogP contribution >= 0.6 is 0 Å². The summed E-state index contributed by atoms with van der Waals surface area (Å²) in [5.74, 6) is -4.48. The van der Waals surface area contributed by atoms with Crippen molar-refractivity contribution in [1.29, 1.82) is 0 Å². The average Bonchev–Trinajstić information content (AvgIpc) is 0.946. The van der Waals surface area contributed by atoms with E-state index < -0.39 is 46.5 Å². The van der Waals surface area contributed by atoms with Gasteiger partial charge in [0, 0.05) is 86.7 Å². The van der Waals surface area contributed by atoms with Gasteiger partial charge in [-0.15, -0.1) is 134 Å². The fraction of sp³-hybridized carbons (Fsp3) is 0.0541. The molecule has 0 aliphatic carbocycles. The maximum Gasteiger partial charge on any atom is 0.0945 e. The fourth-order valence-corrected chi connectivity index (χ4v) is 9.69. The zero-order chi connectivity index (χ0) is 63.0. The normalized spacial score (nSPS) is 12.1. The maximum absolute atomic E-state index is 14.3. The minimum absolute atomic E-state index is 0. The monoisotopic (exact) mass is 1590 g/mol. The van der Waals surface area contributed by atoms with Gasteiger partial charge in [-0.1, -0.05) is 130 Å². The number of rotatable bonds is 8. The number of benzene rings is 8. The van der Waals surface area contributed by atoms with Gasteiger partial charge in [-0.05, 0) is 121 Å². The van der Waals surface area contributed by atoms with E-state index in [0.717, 1.165) is 87.6 Å². The fourth-order valence-electron chi connectivity index (χ4n) is 9.69. The number of fused-ring (bicyclic) bond motifs is 2. The summed E-state index contributed by atoms with van der Waals surface area (Å²) in [5.41, 5.74) is 7.24. The van der Waals surface area contributed by atoms with Crippen molar-refractivity contribution in [1.82, 2.24) is 29.7 Å². The molecule has 0 atom stereocenters. The Balaban J connectivity index is 0.000000144. The smallest absolute Gasteiger partial charge is 0.0945 e. The molecule has 4 aromatic heterocycles. The Bertz CT molecular complexity index is 4530. The van der Waals surface area contributed by atoms with Crippen molar-refractivity contribution in [2.45, 2.75) is 13.8 Å². The number of aromatic nitrogens is 4. The molecule has 2 aliphatic rings. The van der Waals surface area contributed by atoms with Crippen LogP contribution in [0.15, 0.2) is 207 Å². The second-order valence-electron chi connectivity index (χ2n) is 20.6. The van der Waals surface area contributed by atoms with Crippen LogP contribution in [-0.2, 0) is 40.2 Å². The topological polar surface area (TPSA) is 64.5 Å². The van der Waals surface area contributed by atoms with Gasteiger partial charge in [-0.2, -0.15) is 0 Å². The van der Waals surface area contributed by atoms with Crippen molar-refractivity contribution in [2.75, 3.05) is 23.9 Å². The summed E-state index contributed by atoms with van der Waals surface area (Å²) in [6.45, 7) is 7.52. The van der Waals surface area contributed by atoms with E-state index >= 15 is 0 Å². The molecule has 8 aromatic carbocycles. The van der Waals surface area contributed by atoms with Crippen molar-refractivity contribution < 1.29 is 75.3 Å². The summed E-state index contributed by atoms with van der Waals surface area (Å²) in [4.78, 5) is 25.5. The Hall–Kier alpha value is -9.70. The molecule has 0 spiro atoms. The van der Waals surface area contributed by atoms with Crippen LogP contribution in [0.3, 0.4) is 0 Å². The van der Waals surface area contributed by atoms with Crippen molar-refractivity contribution >= 4 is 33.2 Å². The molecule has 92 heavy (non-hydrogen) atoms. The van der Waals surface area contributed by atoms with Crippen LogP contribution in [0.2, 0.25) is 0 Å². The standard InChI is InChI=1S/C21H9F4N.C21H13N.2C16H13F2N3.2Ir/c22-13-5-7-16(18(24)10-13)20-9-12-3-1-2-4-15(12)21(26-20)17-8-6-14(23)11-19(17)25;1-3-9-16(10-4-1)20-15-18-13-7-8-14-19(18)21(22-20)17-11-5-2-6-12-17;2*1-11-7-15(13-4-3-12(17)9-14(13)18)19-16(8-11)21-6-5-20(2)10-21;;/h1-6,9-11H;1-9,11,13-15H;2*3,5-10H,1-2H3;;/q4*-2;;. The number of halogens is 8. The second kappa shape index (κ2) is 29.9. The summed E-state index contributed by atoms with van der Waals surface area (Å²) in [6.07, 6.45) is 7.48. The molecule has 0 unspecified atom stereocenters. The second-order valence-corrected chi connectivity index (χ2v) is 20.6. The predicted octanol–water partition coefficient (Wildman–Crippen LogP) is 17.8. The Labute approximate surface area is 554 Å². The van der Waals surface area contributed by atoms with Crippen molar-refractivity contribution in [3.63, 3.8) is 0 Å². The third kappa shape index (κ3) is 15.9. The van der Waals surface area contributed by atoms with Gasteiger partial charge in [0.1, 0.15) is 0 Å². The van der Waals surface area contributed by atoms with Crippen LogP contribution in [0.5, 0.6) is 0 Å². The number of anilines is 2. The first-order valence-corrected chi connectivity index (χ1v) is 27.8. The van der Waals surface area contributed by atoms with Crippen molar-refractivity contribution in [3.8, 4) is 67.5 Å². The van der Waals surface area contributed by atoms with Crippen LogP contribution in [-0.4, -0.2) is 43.8 Å². The van der Waals surface area contributed by atoms with Gasteiger partial charge in [0.15, 0.2) is 0 Å². The van der Waals surface area contributed by atoms with Crippen molar-refractivity contribution in [2.24, 2.45) is 0 Å². The molecular formula is C74H48F8Ir2N8-8. The summed E-state index contributed by atoms with van der Waals surface area (Å²) < 4.78 is 109. The van der Waals surface area contributed by atoms with Gasteiger partial charge in [0.2, 0.25) is 0 Å². The first-order chi connectivity index (χ1) is 43.5. The zero-order valence-electron chi connectivity index (χ0n) is 49.1. The summed E-state index contributed by atoms with van der Waals surface area (Å²) in [7, 11) is 3.81. The Morgan fingerprint density at radius 2 is 0.728 bits per heavy atom. The number of pyridine rings is 4. The first-order valence-electron chi connectivity index (χ1n) is 27.8. The molecule has 0 amide bonds. The van der Waals surface area contributed by atoms with Crippen LogP contribution in [0.4, 0.5) is 46.8 Å². The molecule has 2 radical (unpaired) electrons. The molecule has 12 aromatic rings. The molecule has 2 aliphatic heterocycles. The minimum Gasteiger partial charge on any atom is -0.510 e. The van der Waals surface area contributed by atoms with Crippen LogP contribution < -0.4 is 9.80 Å². The first kappa shape index (κ1) is 66.7. The number of hydrogen-bond donors (Lipinski definition) is 0. The number of hydrogen-bond acceptors (Lipinski definition) is 8. The average molecular weight is 1590 g/mol. The molecule has 0 saturated heterocycles. The molecule has 18 heteroatoms. The van der Waals surface area contributed by atoms with Crippen LogP contribution in [0.25, 0.3) is 89.1 Å². The van der Waals surface area contributed by atoms with E-state index in [1.54, 1.807) is 42.5 Å². The van der Waals surface area contributed by atoms with Gasteiger partial charge < -0.3 is 29.6 Å². The van der Waals surface area contributed by atoms with Crippen molar-refractivity contribution in [3.05, 3.63) is 314 Å². The van der Waals surface area contributed by atoms with E-state index in [1.807, 2.05) is 152 Å². The van der Waals surface area contributed by atoms with E-state index in [2.05, 4.69) is 75.6 Å². The van der Waals surface area contributed by atoms with E-state index in [-0.39, 0.29) is 73.9 Å². The molecule has 0 N–H and O–H groups in total. The number of aryl methyl sites for hydroxylation is 2. The van der Waals surface area contributed by atoms with E-state index in [4.69, 9.17) is 4.98 Å². The SMILES string of the molecule is Cc1cc(-c2[c-]cc(F)cc2F)nc(N2C=CN(C)[CH-]2)c1.Cc1cc(-c2[c-]cc(F)cc2F)nc(N2C=CN(C)[CH-]2)c1.Fc1c[c-]c(-c2cc3ccccc3c(-c3[c-]cc(F)cc3F)n2)c(F)c1.[Ir].[Ir].[c-]1ccccc1-c1cc2ccccc2c(-c2[c-]cccc2)n1. The Kier molecular flexibility index (Phi) is 21.7. The van der Waals surface area contributed by atoms with E-state index in [1.165, 1.54) is 5.39 Å². The molecule has 0 saturated carbocycles. The molecule has 14 rings (SSSR count). The Morgan fingerprint density at radius 3 is 1.13 bits per heavy atom. The maximum atomic E-state index is 14.3. The van der Waals surface area contributed by atoms with E-state index in [0.29, 0.717) is 33.8 Å². The zero-order valence-corrected chi connectivity index (χ0v) is 53.8. The molecule has 8 nitrogen and oxygen atoms in total. The molecule has 0 fully saturated rings. The van der Waals surface area contributed by atoms with Gasteiger partial charge in [-0.3, -0.25) is 45.1 Å². The quantitative estimate of drug-likeness (QED) is 0.110. The van der Waals surface area contributed by atoms with Gasteiger partial charge >= 0.3 is 0 Å². The summed E-state index contributed by atoms with van der Waals surface area (Å²) in [6, 6.07) is 66.4. The largest absolute Gasteiger partial charge is 0.510 e. The Morgan fingerprint density at radius 1 is 0.359 bits per heavy atom. The van der Waals surface area contributed by atoms with Crippen LogP contribution in [0.1, 0.15) is 11.1 Å². The molecule has 466 valence electrons. The van der Waals surface area contributed by atoms with E-state index in [9.17, 15) is 35.1 Å². The van der Waals surface area contributed by atoms with Crippen LogP contribution in [0, 0.1) is 110 Å². The number of nitrogens with zero attached hydrogens (tertiary/aromatic N) is 8. The molecule has 6 heterocycles.